The van der Waals surface area contributed by atoms with Crippen molar-refractivity contribution in [2.45, 2.75) is 31.8 Å². The van der Waals surface area contributed by atoms with Gasteiger partial charge in [-0.05, 0) is 25.1 Å². The molecule has 2 aromatic rings. The van der Waals surface area contributed by atoms with Crippen molar-refractivity contribution in [3.8, 4) is 17.7 Å². The molecule has 1 aliphatic carbocycles. The van der Waals surface area contributed by atoms with Crippen molar-refractivity contribution in [2.75, 3.05) is 13.7 Å². The number of para-hydroxylation sites is 1. The highest BCUT2D eigenvalue weighted by Gasteiger charge is 2.91. The number of carbonyl (C=O) groups excluding carboxylic acids is 1. The lowest BCUT2D eigenvalue weighted by molar-refractivity contribution is -0.146. The molecule has 3 rings (SSSR count). The Morgan fingerprint density at radius 2 is 1.90 bits per heavy atom. The van der Waals surface area contributed by atoms with Gasteiger partial charge in [0, 0.05) is 11.5 Å². The summed E-state index contributed by atoms with van der Waals surface area (Å²) in [4.78, 5) is 17.6. The minimum atomic E-state index is -1.41. The number of methoxy groups -OCH3 is 1. The molecule has 1 fully saturated rings. The molecule has 1 saturated carbocycles. The van der Waals surface area contributed by atoms with Crippen LogP contribution in [-0.4, -0.2) is 30.3 Å². The van der Waals surface area contributed by atoms with Crippen LogP contribution in [0.15, 0.2) is 60.7 Å². The number of ether oxygens (including phenoxy) is 3. The van der Waals surface area contributed by atoms with Gasteiger partial charge in [0.2, 0.25) is 5.88 Å². The minimum absolute atomic E-state index is 0.201. The number of allylic oxidation sites excluding steroid dienone is 1. The Hall–Kier alpha value is -3.17. The quantitative estimate of drug-likeness (QED) is 0.519. The van der Waals surface area contributed by atoms with Crippen LogP contribution >= 0.6 is 0 Å². The second-order valence-electron chi connectivity index (χ2n) is 7.32. The zero-order valence-corrected chi connectivity index (χ0v) is 17.0. The Kier molecular flexibility index (Phi) is 5.45. The second-order valence-corrected chi connectivity index (χ2v) is 7.32. The molecule has 1 heterocycles. The first-order valence-electron chi connectivity index (χ1n) is 9.36. The zero-order valence-electron chi connectivity index (χ0n) is 17.0. The van der Waals surface area contributed by atoms with Gasteiger partial charge in [-0.1, -0.05) is 50.3 Å². The van der Waals surface area contributed by atoms with Crippen LogP contribution in [0.1, 0.15) is 26.5 Å². The lowest BCUT2D eigenvalue weighted by Gasteiger charge is -2.19. The van der Waals surface area contributed by atoms with Gasteiger partial charge in [-0.25, -0.2) is 4.98 Å². The van der Waals surface area contributed by atoms with Crippen molar-refractivity contribution >= 4 is 5.97 Å². The Morgan fingerprint density at radius 1 is 1.17 bits per heavy atom. The fraction of sp³-hybridized carbons (Fsp3) is 0.348. The summed E-state index contributed by atoms with van der Waals surface area (Å²) < 4.78 is 16.9. The fourth-order valence-corrected chi connectivity index (χ4v) is 4.10. The maximum absolute atomic E-state index is 13.0. The number of pyridine rings is 1. The van der Waals surface area contributed by atoms with Crippen LogP contribution in [0.5, 0.6) is 11.6 Å². The van der Waals surface area contributed by atoms with Gasteiger partial charge < -0.3 is 14.2 Å². The molecule has 0 amide bonds. The third-order valence-corrected chi connectivity index (χ3v) is 5.64. The normalized spacial score (nSPS) is 24.7. The van der Waals surface area contributed by atoms with E-state index in [2.05, 4.69) is 11.1 Å². The summed E-state index contributed by atoms with van der Waals surface area (Å²) in [6.07, 6.45) is 3.62. The van der Waals surface area contributed by atoms with Crippen LogP contribution in [0.25, 0.3) is 0 Å². The van der Waals surface area contributed by atoms with Crippen LogP contribution in [0.3, 0.4) is 0 Å². The van der Waals surface area contributed by atoms with Crippen LogP contribution in [-0.2, 0) is 19.7 Å². The molecule has 6 heteroatoms. The molecule has 1 aromatic heterocycles. The molecule has 0 aliphatic heterocycles. The number of aromatic nitrogens is 1. The number of nitriles is 1. The van der Waals surface area contributed by atoms with E-state index in [-0.39, 0.29) is 6.61 Å². The number of carbonyl (C=O) groups is 1. The number of hydrogen-bond donors (Lipinski definition) is 0. The van der Waals surface area contributed by atoms with Crippen molar-refractivity contribution in [1.82, 2.24) is 4.98 Å². The Labute approximate surface area is 170 Å². The highest BCUT2D eigenvalue weighted by molar-refractivity contribution is 5.93. The minimum Gasteiger partial charge on any atom is -0.468 e. The van der Waals surface area contributed by atoms with Gasteiger partial charge in [-0.15, -0.1) is 0 Å². The Bertz CT molecular complexity index is 964. The number of esters is 1. The van der Waals surface area contributed by atoms with Crippen LogP contribution in [0.4, 0.5) is 0 Å². The Balaban J connectivity index is 2.07. The second kappa shape index (κ2) is 7.69. The van der Waals surface area contributed by atoms with Gasteiger partial charge in [0.25, 0.3) is 0 Å². The molecule has 1 aliphatic rings. The monoisotopic (exact) mass is 392 g/mol. The number of nitrogens with zero attached hydrogens (tertiary/aromatic N) is 2. The molecular formula is C23H24N2O4. The molecule has 0 saturated heterocycles. The van der Waals surface area contributed by atoms with Gasteiger partial charge in [0.1, 0.15) is 5.75 Å². The first-order chi connectivity index (χ1) is 13.9. The van der Waals surface area contributed by atoms with E-state index in [0.717, 1.165) is 0 Å². The first-order valence-corrected chi connectivity index (χ1v) is 9.36. The third kappa shape index (κ3) is 2.90. The van der Waals surface area contributed by atoms with Gasteiger partial charge in [0.05, 0.1) is 25.5 Å². The van der Waals surface area contributed by atoms with Crippen molar-refractivity contribution in [3.05, 3.63) is 66.4 Å². The molecule has 0 spiro atoms. The van der Waals surface area contributed by atoms with Crippen molar-refractivity contribution in [3.63, 3.8) is 0 Å². The predicted octanol–water partition coefficient (Wildman–Crippen LogP) is 4.18. The smallest absolute Gasteiger partial charge is 0.322 e. The largest absolute Gasteiger partial charge is 0.468 e. The zero-order chi connectivity index (χ0) is 21.1. The summed E-state index contributed by atoms with van der Waals surface area (Å²) in [5, 5.41) is 10.1. The summed E-state index contributed by atoms with van der Waals surface area (Å²) in [5.41, 5.74) is -3.27. The number of rotatable bonds is 7. The number of hydrogen-bond acceptors (Lipinski definition) is 6. The fourth-order valence-electron chi connectivity index (χ4n) is 4.10. The molecule has 0 bridgehead atoms. The Morgan fingerprint density at radius 3 is 2.52 bits per heavy atom. The molecular weight excluding hydrogens is 368 g/mol. The summed E-state index contributed by atoms with van der Waals surface area (Å²) in [7, 11) is 1.30. The molecule has 2 atom stereocenters. The predicted molar refractivity (Wildman–Crippen MR) is 107 cm³/mol. The SMILES string of the molecule is CC=CCOC1(C#N)C(C)(C)C1(C(=O)OC)c1cccc(Oc2ccccc2)n1. The van der Waals surface area contributed by atoms with E-state index in [1.54, 1.807) is 24.3 Å². The maximum atomic E-state index is 13.0. The molecule has 29 heavy (non-hydrogen) atoms. The van der Waals surface area contributed by atoms with Crippen molar-refractivity contribution < 1.29 is 19.0 Å². The van der Waals surface area contributed by atoms with Gasteiger partial charge in [0.15, 0.2) is 11.0 Å². The van der Waals surface area contributed by atoms with Crippen LogP contribution in [0.2, 0.25) is 0 Å². The summed E-state index contributed by atoms with van der Waals surface area (Å²) in [6.45, 7) is 5.69. The third-order valence-electron chi connectivity index (χ3n) is 5.64. The lowest BCUT2D eigenvalue weighted by Crippen LogP contribution is -2.35. The summed E-state index contributed by atoms with van der Waals surface area (Å²) in [6, 6.07) is 16.6. The van der Waals surface area contributed by atoms with Crippen LogP contribution < -0.4 is 4.74 Å². The van der Waals surface area contributed by atoms with Crippen LogP contribution in [0, 0.1) is 16.7 Å². The van der Waals surface area contributed by atoms with E-state index in [0.29, 0.717) is 17.3 Å². The highest BCUT2D eigenvalue weighted by Crippen LogP contribution is 2.74. The first kappa shape index (κ1) is 20.6. The molecule has 1 aromatic carbocycles. The standard InChI is InChI=1S/C23H24N2O4/c1-5-6-15-28-22(16-24)21(2,3)23(22,20(26)27-4)18-13-10-14-19(25-18)29-17-11-8-7-9-12-17/h5-14H,15H2,1-4H3. The summed E-state index contributed by atoms with van der Waals surface area (Å²) in [5.74, 6) is 0.379. The van der Waals surface area contributed by atoms with Crippen molar-refractivity contribution in [2.24, 2.45) is 5.41 Å². The van der Waals surface area contributed by atoms with E-state index >= 15 is 0 Å². The lowest BCUT2D eigenvalue weighted by atomic mass is 9.91. The molecule has 0 N–H and O–H groups in total. The van der Waals surface area contributed by atoms with Gasteiger partial charge in [-0.2, -0.15) is 5.26 Å². The molecule has 2 unspecified atom stereocenters. The topological polar surface area (TPSA) is 81.4 Å². The van der Waals surface area contributed by atoms with E-state index in [1.165, 1.54) is 7.11 Å². The maximum Gasteiger partial charge on any atom is 0.322 e. The average molecular weight is 392 g/mol. The molecule has 6 nitrogen and oxygen atoms in total. The van der Waals surface area contributed by atoms with Crippen molar-refractivity contribution in [1.29, 1.82) is 5.26 Å². The van der Waals surface area contributed by atoms with Gasteiger partial charge >= 0.3 is 5.97 Å². The highest BCUT2D eigenvalue weighted by atomic mass is 16.5. The van der Waals surface area contributed by atoms with E-state index in [1.807, 2.05) is 57.2 Å². The molecule has 150 valence electrons. The number of benzene rings is 1. The van der Waals surface area contributed by atoms with E-state index in [9.17, 15) is 10.1 Å². The summed E-state index contributed by atoms with van der Waals surface area (Å²) >= 11 is 0. The van der Waals surface area contributed by atoms with E-state index < -0.39 is 22.4 Å². The van der Waals surface area contributed by atoms with E-state index in [4.69, 9.17) is 14.2 Å². The van der Waals surface area contributed by atoms with Gasteiger partial charge in [-0.3, -0.25) is 4.79 Å². The molecule has 0 radical (unpaired) electrons. The average Bonchev–Trinajstić information content (AvgIpc) is 3.18.